The number of aryl methyl sites for hydroxylation is 1. The number of rotatable bonds is 4. The number of likely N-dealkylation sites (tertiary alicyclic amines) is 1. The summed E-state index contributed by atoms with van der Waals surface area (Å²) in [6, 6.07) is 10.0. The molecular weight excluding hydrogens is 524 g/mol. The molecular formula is C30H36N6O5. The highest BCUT2D eigenvalue weighted by atomic mass is 16.6. The Kier molecular flexibility index (Phi) is 7.70. The third kappa shape index (κ3) is 6.03. The van der Waals surface area contributed by atoms with E-state index in [0.29, 0.717) is 38.4 Å². The number of hydrogen-bond donors (Lipinski definition) is 0. The quantitative estimate of drug-likeness (QED) is 0.303. The topological polar surface area (TPSA) is 114 Å². The number of hydrogen-bond acceptors (Lipinski definition) is 6. The molecule has 0 unspecified atom stereocenters. The van der Waals surface area contributed by atoms with E-state index in [1.807, 2.05) is 62.9 Å². The number of benzene rings is 1. The van der Waals surface area contributed by atoms with Crippen LogP contribution in [-0.2, 0) is 11.8 Å². The van der Waals surface area contributed by atoms with Gasteiger partial charge in [-0.25, -0.2) is 14.6 Å². The molecule has 1 atom stereocenters. The van der Waals surface area contributed by atoms with Crippen LogP contribution in [0, 0.1) is 10.1 Å². The van der Waals surface area contributed by atoms with Crippen molar-refractivity contribution in [3.8, 4) is 0 Å². The zero-order chi connectivity index (χ0) is 29.3. The molecule has 11 heteroatoms. The Morgan fingerprint density at radius 2 is 1.95 bits per heavy atom. The minimum Gasteiger partial charge on any atom is -0.444 e. The van der Waals surface area contributed by atoms with Gasteiger partial charge in [0.25, 0.3) is 5.69 Å². The molecule has 3 aromatic rings. The molecule has 2 aromatic heterocycles. The average Bonchev–Trinajstić information content (AvgIpc) is 3.34. The number of nitro groups is 1. The number of urea groups is 1. The first-order valence-electron chi connectivity index (χ1n) is 13.9. The Balaban J connectivity index is 1.45. The first-order valence-corrected chi connectivity index (χ1v) is 13.9. The molecule has 0 aliphatic carbocycles. The van der Waals surface area contributed by atoms with Crippen molar-refractivity contribution in [1.29, 1.82) is 0 Å². The molecule has 1 aromatic carbocycles. The number of nitro benzene ring substituents is 1. The van der Waals surface area contributed by atoms with Gasteiger partial charge in [0.2, 0.25) is 0 Å². The van der Waals surface area contributed by atoms with Crippen LogP contribution in [0.1, 0.15) is 45.6 Å². The number of carbonyl (C=O) groups excluding carboxylic acids is 2. The number of fused-ring (bicyclic) bond motifs is 1. The summed E-state index contributed by atoms with van der Waals surface area (Å²) in [5.41, 5.74) is 2.04. The number of nitrogens with zero attached hydrogens (tertiary/aromatic N) is 6. The molecule has 4 heterocycles. The van der Waals surface area contributed by atoms with Crippen molar-refractivity contribution in [3.63, 3.8) is 0 Å². The van der Waals surface area contributed by atoms with Crippen molar-refractivity contribution >= 4 is 40.1 Å². The molecule has 0 radical (unpaired) electrons. The molecule has 3 amide bonds. The number of anilines is 1. The van der Waals surface area contributed by atoms with Gasteiger partial charge in [-0.1, -0.05) is 18.2 Å². The number of pyridine rings is 1. The molecule has 11 nitrogen and oxygen atoms in total. The van der Waals surface area contributed by atoms with Gasteiger partial charge in [0, 0.05) is 63.1 Å². The van der Waals surface area contributed by atoms with E-state index in [4.69, 9.17) is 9.72 Å². The number of amides is 3. The molecule has 1 fully saturated rings. The Morgan fingerprint density at radius 1 is 1.15 bits per heavy atom. The van der Waals surface area contributed by atoms with E-state index in [9.17, 15) is 19.7 Å². The summed E-state index contributed by atoms with van der Waals surface area (Å²) < 4.78 is 7.61. The van der Waals surface area contributed by atoms with Crippen LogP contribution in [-0.4, -0.2) is 74.2 Å². The number of non-ortho nitro benzene ring substituents is 1. The first kappa shape index (κ1) is 28.1. The second-order valence-electron chi connectivity index (χ2n) is 11.6. The van der Waals surface area contributed by atoms with Gasteiger partial charge in [0.1, 0.15) is 5.60 Å². The van der Waals surface area contributed by atoms with Crippen molar-refractivity contribution in [2.75, 3.05) is 31.1 Å². The van der Waals surface area contributed by atoms with Gasteiger partial charge in [-0.2, -0.15) is 0 Å². The van der Waals surface area contributed by atoms with Gasteiger partial charge in [-0.15, -0.1) is 0 Å². The summed E-state index contributed by atoms with van der Waals surface area (Å²) in [6.45, 7) is 7.24. The minimum absolute atomic E-state index is 0.0432. The zero-order valence-electron chi connectivity index (χ0n) is 23.9. The van der Waals surface area contributed by atoms with Crippen molar-refractivity contribution in [2.45, 2.75) is 51.7 Å². The first-order chi connectivity index (χ1) is 19.5. The smallest absolute Gasteiger partial charge is 0.410 e. The standard InChI is InChI=1S/C30H36N6O5/c1-30(2,3)41-29(38)34-15-6-9-25(20-34)35(27-26-22(10-14-31-27)11-16-32(26)4)28(37)33-17-12-21(13-18-33)23-7-5-8-24(19-23)36(39)40/h5,7-8,10-12,14,16,19,25H,6,9,13,15,17-18,20H2,1-4H3/t25-/m1/s1. The molecule has 41 heavy (non-hydrogen) atoms. The van der Waals surface area contributed by atoms with Crippen LogP contribution >= 0.6 is 0 Å². The maximum absolute atomic E-state index is 14.3. The Labute approximate surface area is 239 Å². The number of carbonyl (C=O) groups is 2. The van der Waals surface area contributed by atoms with Crippen LogP contribution in [0.3, 0.4) is 0 Å². The van der Waals surface area contributed by atoms with Crippen LogP contribution in [0.4, 0.5) is 21.1 Å². The number of aromatic nitrogens is 2. The van der Waals surface area contributed by atoms with Crippen molar-refractivity contribution in [3.05, 3.63) is 70.5 Å². The molecule has 1 saturated heterocycles. The fourth-order valence-corrected chi connectivity index (χ4v) is 5.55. The van der Waals surface area contributed by atoms with E-state index in [-0.39, 0.29) is 23.9 Å². The molecule has 0 spiro atoms. The van der Waals surface area contributed by atoms with Gasteiger partial charge in [-0.05, 0) is 63.3 Å². The average molecular weight is 561 g/mol. The van der Waals surface area contributed by atoms with Gasteiger partial charge in [0.15, 0.2) is 5.82 Å². The van der Waals surface area contributed by atoms with Gasteiger partial charge >= 0.3 is 12.1 Å². The highest BCUT2D eigenvalue weighted by Gasteiger charge is 2.37. The van der Waals surface area contributed by atoms with Gasteiger partial charge in [0.05, 0.1) is 16.5 Å². The van der Waals surface area contributed by atoms with Crippen molar-refractivity contribution in [2.24, 2.45) is 7.05 Å². The minimum atomic E-state index is -0.618. The molecule has 2 aliphatic rings. The largest absolute Gasteiger partial charge is 0.444 e. The molecule has 216 valence electrons. The van der Waals surface area contributed by atoms with E-state index in [0.717, 1.165) is 34.9 Å². The van der Waals surface area contributed by atoms with Crippen LogP contribution in [0.15, 0.2) is 54.9 Å². The predicted molar refractivity (Wildman–Crippen MR) is 157 cm³/mol. The van der Waals surface area contributed by atoms with Crippen molar-refractivity contribution in [1.82, 2.24) is 19.4 Å². The van der Waals surface area contributed by atoms with E-state index < -0.39 is 10.5 Å². The summed E-state index contributed by atoms with van der Waals surface area (Å²) >= 11 is 0. The van der Waals surface area contributed by atoms with E-state index in [1.165, 1.54) is 6.07 Å². The SMILES string of the molecule is Cn1ccc2ccnc(N(C(=O)N3CC=C(c4cccc([N+](=O)[O-])c4)CC3)[C@@H]3CCCN(C(=O)OC(C)(C)C)C3)c21. The molecule has 2 aliphatic heterocycles. The van der Waals surface area contributed by atoms with Gasteiger partial charge < -0.3 is 19.1 Å². The third-order valence-electron chi connectivity index (χ3n) is 7.52. The fraction of sp³-hybridized carbons (Fsp3) is 0.433. The fourth-order valence-electron chi connectivity index (χ4n) is 5.55. The molecule has 0 N–H and O–H groups in total. The lowest BCUT2D eigenvalue weighted by atomic mass is 9.99. The van der Waals surface area contributed by atoms with Gasteiger partial charge in [-0.3, -0.25) is 15.0 Å². The van der Waals surface area contributed by atoms with E-state index in [1.54, 1.807) is 33.0 Å². The normalized spacial score (nSPS) is 17.8. The lowest BCUT2D eigenvalue weighted by Gasteiger charge is -2.41. The summed E-state index contributed by atoms with van der Waals surface area (Å²) in [4.78, 5) is 48.0. The van der Waals surface area contributed by atoms with E-state index >= 15 is 0 Å². The maximum Gasteiger partial charge on any atom is 0.410 e. The molecule has 0 bridgehead atoms. The van der Waals surface area contributed by atoms with Crippen LogP contribution in [0.5, 0.6) is 0 Å². The second-order valence-corrected chi connectivity index (χ2v) is 11.6. The summed E-state index contributed by atoms with van der Waals surface area (Å²) in [6.07, 6.45) is 7.25. The summed E-state index contributed by atoms with van der Waals surface area (Å²) in [5.74, 6) is 0.560. The third-order valence-corrected chi connectivity index (χ3v) is 7.52. The lowest BCUT2D eigenvalue weighted by Crippen LogP contribution is -2.56. The monoisotopic (exact) mass is 560 g/mol. The Hall–Kier alpha value is -4.41. The lowest BCUT2D eigenvalue weighted by molar-refractivity contribution is -0.384. The Morgan fingerprint density at radius 3 is 2.66 bits per heavy atom. The Bertz CT molecular complexity index is 1510. The molecule has 5 rings (SSSR count). The number of ether oxygens (including phenoxy) is 1. The van der Waals surface area contributed by atoms with Crippen LogP contribution < -0.4 is 4.90 Å². The number of piperidine rings is 1. The zero-order valence-corrected chi connectivity index (χ0v) is 23.9. The summed E-state index contributed by atoms with van der Waals surface area (Å²) in [5, 5.41) is 12.2. The predicted octanol–water partition coefficient (Wildman–Crippen LogP) is 5.60. The highest BCUT2D eigenvalue weighted by molar-refractivity contribution is 6.01. The van der Waals surface area contributed by atoms with Crippen LogP contribution in [0.25, 0.3) is 16.5 Å². The second kappa shape index (κ2) is 11.2. The van der Waals surface area contributed by atoms with Crippen LogP contribution in [0.2, 0.25) is 0 Å². The van der Waals surface area contributed by atoms with E-state index in [2.05, 4.69) is 0 Å². The highest BCUT2D eigenvalue weighted by Crippen LogP contribution is 2.32. The van der Waals surface area contributed by atoms with Crippen molar-refractivity contribution < 1.29 is 19.2 Å². The maximum atomic E-state index is 14.3. The molecule has 0 saturated carbocycles. The summed E-state index contributed by atoms with van der Waals surface area (Å²) in [7, 11) is 1.93.